The normalized spacial score (nSPS) is 19.4. The van der Waals surface area contributed by atoms with Gasteiger partial charge in [-0.25, -0.2) is 9.97 Å². The van der Waals surface area contributed by atoms with Crippen molar-refractivity contribution in [3.63, 3.8) is 0 Å². The van der Waals surface area contributed by atoms with Gasteiger partial charge >= 0.3 is 0 Å². The highest BCUT2D eigenvalue weighted by molar-refractivity contribution is 7.21. The molecule has 1 unspecified atom stereocenters. The number of hydrogen-bond donors (Lipinski definition) is 0. The molecular weight excluding hydrogens is 422 g/mol. The Bertz CT molecular complexity index is 1060. The van der Waals surface area contributed by atoms with Crippen LogP contribution in [0, 0.1) is 5.92 Å². The third kappa shape index (κ3) is 4.46. The average Bonchev–Trinajstić information content (AvgIpc) is 3.29. The molecule has 2 aromatic heterocycles. The number of thiazole rings is 1. The summed E-state index contributed by atoms with van der Waals surface area (Å²) < 4.78 is 0. The molecule has 0 bridgehead atoms. The summed E-state index contributed by atoms with van der Waals surface area (Å²) in [6.45, 7) is 4.21. The number of fused-ring (bicyclic) bond motifs is 1. The molecular formula is C24H27N5O2S. The van der Waals surface area contributed by atoms with Crippen LogP contribution in [0.25, 0.3) is 10.3 Å². The molecule has 1 aromatic carbocycles. The fourth-order valence-electron chi connectivity index (χ4n) is 4.56. The molecule has 7 nitrogen and oxygen atoms in total. The maximum absolute atomic E-state index is 13.2. The number of piperazine rings is 1. The molecule has 0 radical (unpaired) electrons. The summed E-state index contributed by atoms with van der Waals surface area (Å²) in [5.74, 6) is 0.206. The lowest BCUT2D eigenvalue weighted by molar-refractivity contribution is -0.140. The van der Waals surface area contributed by atoms with Crippen molar-refractivity contribution in [1.82, 2.24) is 19.8 Å². The summed E-state index contributed by atoms with van der Waals surface area (Å²) in [7, 11) is 0. The number of nitrogens with zero attached hydrogens (tertiary/aromatic N) is 5. The molecule has 2 fully saturated rings. The van der Waals surface area contributed by atoms with E-state index >= 15 is 0 Å². The van der Waals surface area contributed by atoms with Gasteiger partial charge in [-0.3, -0.25) is 9.59 Å². The van der Waals surface area contributed by atoms with Gasteiger partial charge in [-0.2, -0.15) is 0 Å². The van der Waals surface area contributed by atoms with E-state index in [0.717, 1.165) is 53.5 Å². The summed E-state index contributed by atoms with van der Waals surface area (Å²) in [5.41, 5.74) is 1.94. The Hall–Kier alpha value is -3.00. The Morgan fingerprint density at radius 2 is 1.78 bits per heavy atom. The van der Waals surface area contributed by atoms with Crippen molar-refractivity contribution >= 4 is 38.6 Å². The number of amides is 2. The third-order valence-electron chi connectivity index (χ3n) is 6.34. The summed E-state index contributed by atoms with van der Waals surface area (Å²) >= 11 is 1.60. The number of aromatic nitrogens is 2. The van der Waals surface area contributed by atoms with Crippen molar-refractivity contribution in [1.29, 1.82) is 0 Å². The largest absolute Gasteiger partial charge is 0.344 e. The molecule has 4 heterocycles. The number of pyridine rings is 1. The molecule has 5 rings (SSSR count). The lowest BCUT2D eigenvalue weighted by atomic mass is 9.95. The maximum atomic E-state index is 13.2. The second-order valence-corrected chi connectivity index (χ2v) is 9.43. The van der Waals surface area contributed by atoms with Gasteiger partial charge in [-0.15, -0.1) is 0 Å². The van der Waals surface area contributed by atoms with E-state index in [1.165, 1.54) is 0 Å². The van der Waals surface area contributed by atoms with Gasteiger partial charge in [-0.1, -0.05) is 41.7 Å². The lowest BCUT2D eigenvalue weighted by Gasteiger charge is -2.39. The van der Waals surface area contributed by atoms with Crippen LogP contribution < -0.4 is 4.90 Å². The Morgan fingerprint density at radius 3 is 2.56 bits per heavy atom. The molecule has 0 N–H and O–H groups in total. The molecule has 0 aliphatic carbocycles. The third-order valence-corrected chi connectivity index (χ3v) is 7.38. The van der Waals surface area contributed by atoms with Crippen molar-refractivity contribution in [3.05, 3.63) is 54.2 Å². The predicted octanol–water partition coefficient (Wildman–Crippen LogP) is 2.82. The summed E-state index contributed by atoms with van der Waals surface area (Å²) in [5, 5.41) is 0.973. The van der Waals surface area contributed by atoms with Gasteiger partial charge < -0.3 is 14.7 Å². The van der Waals surface area contributed by atoms with E-state index < -0.39 is 0 Å². The number of anilines is 1. The van der Waals surface area contributed by atoms with Crippen LogP contribution in [0.2, 0.25) is 0 Å². The number of piperidine rings is 1. The Kier molecular flexibility index (Phi) is 6.03. The molecule has 166 valence electrons. The molecule has 0 saturated carbocycles. The number of benzene rings is 1. The minimum atomic E-state index is -0.0957. The molecule has 0 spiro atoms. The van der Waals surface area contributed by atoms with Crippen LogP contribution in [0.3, 0.4) is 0 Å². The zero-order chi connectivity index (χ0) is 21.9. The van der Waals surface area contributed by atoms with Crippen molar-refractivity contribution in [2.75, 3.05) is 44.2 Å². The highest BCUT2D eigenvalue weighted by Gasteiger charge is 2.33. The Morgan fingerprint density at radius 1 is 0.969 bits per heavy atom. The van der Waals surface area contributed by atoms with Crippen LogP contribution in [-0.4, -0.2) is 70.9 Å². The van der Waals surface area contributed by atoms with Gasteiger partial charge in [0.1, 0.15) is 10.3 Å². The predicted molar refractivity (Wildman–Crippen MR) is 126 cm³/mol. The van der Waals surface area contributed by atoms with E-state index in [9.17, 15) is 9.59 Å². The summed E-state index contributed by atoms with van der Waals surface area (Å²) in [6.07, 6.45) is 3.93. The zero-order valence-corrected chi connectivity index (χ0v) is 18.8. The first kappa shape index (κ1) is 20.9. The molecule has 32 heavy (non-hydrogen) atoms. The first-order chi connectivity index (χ1) is 15.7. The standard InChI is InChI=1S/C24H27N5O2S/c30-21(16-18-6-2-1-3-7-18)29-11-5-8-19(17-29)23(31)27-12-14-28(15-13-27)24-26-20-9-4-10-25-22(20)32-24/h1-4,6-7,9-10,19H,5,8,11-17H2. The first-order valence-corrected chi connectivity index (χ1v) is 12.1. The van der Waals surface area contributed by atoms with Crippen LogP contribution in [-0.2, 0) is 16.0 Å². The minimum Gasteiger partial charge on any atom is -0.344 e. The van der Waals surface area contributed by atoms with E-state index in [1.54, 1.807) is 17.5 Å². The zero-order valence-electron chi connectivity index (χ0n) is 18.0. The fraction of sp³-hybridized carbons (Fsp3) is 0.417. The van der Waals surface area contributed by atoms with Gasteiger partial charge in [0.05, 0.1) is 12.3 Å². The van der Waals surface area contributed by atoms with Gasteiger partial charge in [0, 0.05) is 45.5 Å². The van der Waals surface area contributed by atoms with Crippen LogP contribution in [0.4, 0.5) is 5.13 Å². The highest BCUT2D eigenvalue weighted by Crippen LogP contribution is 2.28. The molecule has 3 aromatic rings. The number of carbonyl (C=O) groups is 2. The molecule has 2 amide bonds. The molecule has 2 aliphatic rings. The van der Waals surface area contributed by atoms with Gasteiger partial charge in [0.25, 0.3) is 0 Å². The summed E-state index contributed by atoms with van der Waals surface area (Å²) in [4.78, 5) is 42.1. The Labute approximate surface area is 191 Å². The second kappa shape index (κ2) is 9.24. The SMILES string of the molecule is O=C(Cc1ccccc1)N1CCCC(C(=O)N2CCN(c3nc4cccnc4s3)CC2)C1. The van der Waals surface area contributed by atoms with Crippen molar-refractivity contribution in [2.24, 2.45) is 5.92 Å². The van der Waals surface area contributed by atoms with Crippen molar-refractivity contribution < 1.29 is 9.59 Å². The fourth-order valence-corrected chi connectivity index (χ4v) is 5.52. The van der Waals surface area contributed by atoms with Crippen molar-refractivity contribution in [2.45, 2.75) is 19.3 Å². The van der Waals surface area contributed by atoms with Gasteiger partial charge in [-0.05, 0) is 30.5 Å². The van der Waals surface area contributed by atoms with E-state index in [2.05, 4.69) is 9.88 Å². The van der Waals surface area contributed by atoms with Crippen LogP contribution in [0.1, 0.15) is 18.4 Å². The molecule has 2 saturated heterocycles. The number of carbonyl (C=O) groups excluding carboxylic acids is 2. The number of rotatable bonds is 4. The number of hydrogen-bond acceptors (Lipinski definition) is 6. The number of likely N-dealkylation sites (tertiary alicyclic amines) is 1. The van der Waals surface area contributed by atoms with E-state index in [4.69, 9.17) is 4.98 Å². The smallest absolute Gasteiger partial charge is 0.227 e. The first-order valence-electron chi connectivity index (χ1n) is 11.2. The monoisotopic (exact) mass is 449 g/mol. The summed E-state index contributed by atoms with van der Waals surface area (Å²) in [6, 6.07) is 13.7. The molecule has 1 atom stereocenters. The van der Waals surface area contributed by atoms with Crippen molar-refractivity contribution in [3.8, 4) is 0 Å². The molecule has 2 aliphatic heterocycles. The van der Waals surface area contributed by atoms with Gasteiger partial charge in [0.2, 0.25) is 11.8 Å². The van der Waals surface area contributed by atoms with Gasteiger partial charge in [0.15, 0.2) is 5.13 Å². The van der Waals surface area contributed by atoms with E-state index in [0.29, 0.717) is 26.1 Å². The average molecular weight is 450 g/mol. The Balaban J connectivity index is 1.16. The van der Waals surface area contributed by atoms with E-state index in [-0.39, 0.29) is 17.7 Å². The second-order valence-electron chi connectivity index (χ2n) is 8.48. The van der Waals surface area contributed by atoms with Crippen LogP contribution in [0.5, 0.6) is 0 Å². The quantitative estimate of drug-likeness (QED) is 0.613. The van der Waals surface area contributed by atoms with Crippen LogP contribution >= 0.6 is 11.3 Å². The lowest BCUT2D eigenvalue weighted by Crippen LogP contribution is -2.53. The minimum absolute atomic E-state index is 0.0957. The van der Waals surface area contributed by atoms with E-state index in [1.807, 2.05) is 52.3 Å². The maximum Gasteiger partial charge on any atom is 0.227 e. The van der Waals surface area contributed by atoms with Crippen LogP contribution in [0.15, 0.2) is 48.7 Å². The topological polar surface area (TPSA) is 69.6 Å². The highest BCUT2D eigenvalue weighted by atomic mass is 32.1. The molecule has 8 heteroatoms.